The monoisotopic (exact) mass is 366 g/mol. The highest BCUT2D eigenvalue weighted by atomic mass is 16.4. The van der Waals surface area contributed by atoms with E-state index in [1.54, 1.807) is 19.2 Å². The lowest BCUT2D eigenvalue weighted by Gasteiger charge is -2.22. The highest BCUT2D eigenvalue weighted by Crippen LogP contribution is 2.22. The van der Waals surface area contributed by atoms with Crippen LogP contribution in [0.2, 0.25) is 0 Å². The van der Waals surface area contributed by atoms with Crippen molar-refractivity contribution < 1.29 is 9.52 Å². The smallest absolute Gasteiger partial charge is 0.191 e. The van der Waals surface area contributed by atoms with Crippen molar-refractivity contribution in [2.45, 2.75) is 32.9 Å². The number of aromatic nitrogens is 1. The maximum atomic E-state index is 10.7. The van der Waals surface area contributed by atoms with Crippen LogP contribution in [0.15, 0.2) is 58.1 Å². The van der Waals surface area contributed by atoms with E-state index < -0.39 is 5.60 Å². The first-order valence-electron chi connectivity index (χ1n) is 9.13. The number of aliphatic imine (C=N–C) groups is 1. The molecule has 0 aliphatic carbocycles. The fourth-order valence-corrected chi connectivity index (χ4v) is 2.87. The van der Waals surface area contributed by atoms with Crippen LogP contribution in [0.3, 0.4) is 0 Å². The van der Waals surface area contributed by atoms with Gasteiger partial charge in [-0.25, -0.2) is 4.99 Å². The number of hydrogen-bond donors (Lipinski definition) is 3. The first-order valence-corrected chi connectivity index (χ1v) is 9.13. The summed E-state index contributed by atoms with van der Waals surface area (Å²) >= 11 is 0. The minimum atomic E-state index is -1.13. The third-order valence-corrected chi connectivity index (χ3v) is 4.34. The van der Waals surface area contributed by atoms with Crippen LogP contribution < -0.4 is 10.6 Å². The molecule has 0 amide bonds. The standard InChI is InChI=1S/C21H26N4O2/c1-4-22-20(25-14-21(3,26)18-11-10-15(2)27-18)24-13-17-8-5-7-16-9-6-12-23-19(16)17/h5-12,26H,4,13-14H2,1-3H3,(H2,22,24,25). The Hall–Kier alpha value is -2.86. The second kappa shape index (κ2) is 8.22. The number of aryl methyl sites for hydroxylation is 1. The SMILES string of the molecule is CCNC(=NCc1cccc2cccnc12)NCC(C)(O)c1ccc(C)o1. The first kappa shape index (κ1) is 18.9. The van der Waals surface area contributed by atoms with Gasteiger partial charge in [0.1, 0.15) is 17.1 Å². The van der Waals surface area contributed by atoms with Crippen LogP contribution in [0.4, 0.5) is 0 Å². The predicted molar refractivity (Wildman–Crippen MR) is 108 cm³/mol. The Balaban J connectivity index is 1.73. The Morgan fingerprint density at radius 2 is 2.00 bits per heavy atom. The molecule has 3 rings (SSSR count). The molecule has 2 aromatic heterocycles. The summed E-state index contributed by atoms with van der Waals surface area (Å²) in [4.78, 5) is 9.12. The van der Waals surface area contributed by atoms with Gasteiger partial charge in [-0.1, -0.05) is 24.3 Å². The average Bonchev–Trinajstić information content (AvgIpc) is 3.11. The maximum Gasteiger partial charge on any atom is 0.191 e. The van der Waals surface area contributed by atoms with E-state index in [9.17, 15) is 5.11 Å². The van der Waals surface area contributed by atoms with E-state index in [0.717, 1.165) is 28.8 Å². The molecule has 6 nitrogen and oxygen atoms in total. The number of pyridine rings is 1. The van der Waals surface area contributed by atoms with Crippen LogP contribution >= 0.6 is 0 Å². The van der Waals surface area contributed by atoms with Crippen molar-refractivity contribution in [2.75, 3.05) is 13.1 Å². The molecule has 2 heterocycles. The number of benzene rings is 1. The molecule has 1 unspecified atom stereocenters. The molecule has 0 radical (unpaired) electrons. The van der Waals surface area contributed by atoms with Crippen molar-refractivity contribution in [3.05, 3.63) is 65.7 Å². The van der Waals surface area contributed by atoms with E-state index in [1.807, 2.05) is 50.2 Å². The molecule has 0 spiro atoms. The summed E-state index contributed by atoms with van der Waals surface area (Å²) in [7, 11) is 0. The van der Waals surface area contributed by atoms with E-state index in [4.69, 9.17) is 4.42 Å². The number of rotatable bonds is 6. The minimum Gasteiger partial charge on any atom is -0.463 e. The number of guanidine groups is 1. The Labute approximate surface area is 159 Å². The summed E-state index contributed by atoms with van der Waals surface area (Å²) in [6.45, 7) is 7.07. The van der Waals surface area contributed by atoms with Gasteiger partial charge in [-0.05, 0) is 44.5 Å². The molecule has 6 heteroatoms. The fraction of sp³-hybridized carbons (Fsp3) is 0.333. The molecule has 3 aromatic rings. The van der Waals surface area contributed by atoms with E-state index in [1.165, 1.54) is 0 Å². The van der Waals surface area contributed by atoms with Crippen molar-refractivity contribution in [1.29, 1.82) is 0 Å². The van der Waals surface area contributed by atoms with Gasteiger partial charge in [0.25, 0.3) is 0 Å². The van der Waals surface area contributed by atoms with Crippen LogP contribution in [0, 0.1) is 6.92 Å². The Morgan fingerprint density at radius 1 is 1.19 bits per heavy atom. The summed E-state index contributed by atoms with van der Waals surface area (Å²) in [5, 5.41) is 18.2. The van der Waals surface area contributed by atoms with Gasteiger partial charge in [0.2, 0.25) is 0 Å². The van der Waals surface area contributed by atoms with Crippen LogP contribution in [-0.4, -0.2) is 29.1 Å². The van der Waals surface area contributed by atoms with Gasteiger partial charge in [0.05, 0.1) is 18.6 Å². The lowest BCUT2D eigenvalue weighted by Crippen LogP contribution is -2.44. The van der Waals surface area contributed by atoms with E-state index in [0.29, 0.717) is 18.3 Å². The molecule has 1 aromatic carbocycles. The number of para-hydroxylation sites is 1. The Kier molecular flexibility index (Phi) is 5.76. The number of aliphatic hydroxyl groups is 1. The second-order valence-electron chi connectivity index (χ2n) is 6.73. The fourth-order valence-electron chi connectivity index (χ4n) is 2.87. The van der Waals surface area contributed by atoms with Gasteiger partial charge in [-0.2, -0.15) is 0 Å². The number of fused-ring (bicyclic) bond motifs is 1. The lowest BCUT2D eigenvalue weighted by atomic mass is 10.0. The van der Waals surface area contributed by atoms with Crippen LogP contribution in [0.25, 0.3) is 10.9 Å². The third-order valence-electron chi connectivity index (χ3n) is 4.34. The van der Waals surface area contributed by atoms with Crippen molar-refractivity contribution in [3.63, 3.8) is 0 Å². The van der Waals surface area contributed by atoms with Crippen LogP contribution in [0.5, 0.6) is 0 Å². The van der Waals surface area contributed by atoms with Crippen molar-refractivity contribution in [3.8, 4) is 0 Å². The molecule has 0 fully saturated rings. The molecule has 0 aliphatic heterocycles. The normalized spacial score (nSPS) is 14.1. The van der Waals surface area contributed by atoms with Crippen molar-refractivity contribution in [2.24, 2.45) is 4.99 Å². The van der Waals surface area contributed by atoms with E-state index in [2.05, 4.69) is 20.6 Å². The molecule has 3 N–H and O–H groups in total. The summed E-state index contributed by atoms with van der Waals surface area (Å²) in [6.07, 6.45) is 1.79. The van der Waals surface area contributed by atoms with Gasteiger partial charge in [0, 0.05) is 18.1 Å². The maximum absolute atomic E-state index is 10.7. The van der Waals surface area contributed by atoms with Crippen LogP contribution in [0.1, 0.15) is 30.9 Å². The quantitative estimate of drug-likeness (QED) is 0.461. The molecular formula is C21H26N4O2. The zero-order valence-corrected chi connectivity index (χ0v) is 16.0. The van der Waals surface area contributed by atoms with E-state index >= 15 is 0 Å². The minimum absolute atomic E-state index is 0.277. The van der Waals surface area contributed by atoms with Gasteiger partial charge >= 0.3 is 0 Å². The predicted octanol–water partition coefficient (Wildman–Crippen LogP) is 3.10. The third kappa shape index (κ3) is 4.65. The molecule has 0 saturated heterocycles. The first-order chi connectivity index (χ1) is 13.0. The van der Waals surface area contributed by atoms with E-state index in [-0.39, 0.29) is 6.54 Å². The largest absolute Gasteiger partial charge is 0.463 e. The second-order valence-corrected chi connectivity index (χ2v) is 6.73. The molecule has 142 valence electrons. The zero-order chi connectivity index (χ0) is 19.3. The molecule has 1 atom stereocenters. The molecule has 0 bridgehead atoms. The Morgan fingerprint density at radius 3 is 2.74 bits per heavy atom. The number of hydrogen-bond acceptors (Lipinski definition) is 4. The van der Waals surface area contributed by atoms with Gasteiger partial charge in [-0.3, -0.25) is 4.98 Å². The van der Waals surface area contributed by atoms with Crippen molar-refractivity contribution >= 4 is 16.9 Å². The zero-order valence-electron chi connectivity index (χ0n) is 16.0. The molecular weight excluding hydrogens is 340 g/mol. The van der Waals surface area contributed by atoms with Gasteiger partial charge in [0.15, 0.2) is 5.96 Å². The van der Waals surface area contributed by atoms with Crippen molar-refractivity contribution in [1.82, 2.24) is 15.6 Å². The number of furan rings is 1. The number of nitrogens with zero attached hydrogens (tertiary/aromatic N) is 2. The number of nitrogens with one attached hydrogen (secondary N) is 2. The molecule has 0 saturated carbocycles. The topological polar surface area (TPSA) is 82.7 Å². The average molecular weight is 366 g/mol. The highest BCUT2D eigenvalue weighted by molar-refractivity contribution is 5.83. The van der Waals surface area contributed by atoms with Gasteiger partial charge < -0.3 is 20.2 Å². The van der Waals surface area contributed by atoms with Crippen LogP contribution in [-0.2, 0) is 12.1 Å². The Bertz CT molecular complexity index is 925. The summed E-state index contributed by atoms with van der Waals surface area (Å²) < 4.78 is 5.56. The lowest BCUT2D eigenvalue weighted by molar-refractivity contribution is 0.0378. The summed E-state index contributed by atoms with van der Waals surface area (Å²) in [5.74, 6) is 1.94. The van der Waals surface area contributed by atoms with Gasteiger partial charge in [-0.15, -0.1) is 0 Å². The highest BCUT2D eigenvalue weighted by Gasteiger charge is 2.27. The summed E-state index contributed by atoms with van der Waals surface area (Å²) in [5.41, 5.74) is 0.877. The molecule has 0 aliphatic rings. The molecule has 27 heavy (non-hydrogen) atoms. The summed E-state index contributed by atoms with van der Waals surface area (Å²) in [6, 6.07) is 13.7.